The molecule has 2 rings (SSSR count). The molecule has 16 heavy (non-hydrogen) atoms. The number of para-hydroxylation sites is 2. The number of rotatable bonds is 2. The fourth-order valence-corrected chi connectivity index (χ4v) is 1.78. The van der Waals surface area contributed by atoms with E-state index >= 15 is 0 Å². The van der Waals surface area contributed by atoms with Gasteiger partial charge in [0.1, 0.15) is 5.75 Å². The fourth-order valence-electron chi connectivity index (χ4n) is 1.36. The van der Waals surface area contributed by atoms with E-state index in [0.717, 1.165) is 5.56 Å². The Morgan fingerprint density at radius 3 is 2.50 bits per heavy atom. The van der Waals surface area contributed by atoms with Gasteiger partial charge in [0.15, 0.2) is 11.6 Å². The first-order valence-electron chi connectivity index (χ1n) is 4.86. The summed E-state index contributed by atoms with van der Waals surface area (Å²) in [5.41, 5.74) is 0.970. The lowest BCUT2D eigenvalue weighted by Crippen LogP contribution is -1.91. The van der Waals surface area contributed by atoms with Crippen LogP contribution in [0.5, 0.6) is 11.5 Å². The lowest BCUT2D eigenvalue weighted by atomic mass is 10.2. The largest absolute Gasteiger partial charge is 0.453 e. The van der Waals surface area contributed by atoms with Crippen LogP contribution >= 0.6 is 15.9 Å². The first kappa shape index (κ1) is 11.1. The van der Waals surface area contributed by atoms with Crippen LogP contribution in [0.1, 0.15) is 5.56 Å². The van der Waals surface area contributed by atoms with Crippen molar-refractivity contribution < 1.29 is 9.13 Å². The van der Waals surface area contributed by atoms with Gasteiger partial charge in [0, 0.05) is 0 Å². The minimum absolute atomic E-state index is 0.219. The van der Waals surface area contributed by atoms with Crippen molar-refractivity contribution in [3.63, 3.8) is 0 Å². The molecule has 0 atom stereocenters. The normalized spacial score (nSPS) is 10.2. The Kier molecular flexibility index (Phi) is 3.25. The summed E-state index contributed by atoms with van der Waals surface area (Å²) in [4.78, 5) is 0. The average Bonchev–Trinajstić information content (AvgIpc) is 2.26. The molecular formula is C13H10BrFO. The molecule has 2 aromatic carbocycles. The highest BCUT2D eigenvalue weighted by molar-refractivity contribution is 9.10. The molecule has 0 saturated heterocycles. The average molecular weight is 281 g/mol. The zero-order valence-corrected chi connectivity index (χ0v) is 10.3. The first-order chi connectivity index (χ1) is 7.68. The molecule has 0 unspecified atom stereocenters. The predicted octanol–water partition coefficient (Wildman–Crippen LogP) is 4.69. The van der Waals surface area contributed by atoms with Crippen LogP contribution in [0.4, 0.5) is 4.39 Å². The molecule has 0 aliphatic rings. The van der Waals surface area contributed by atoms with E-state index in [2.05, 4.69) is 15.9 Å². The summed E-state index contributed by atoms with van der Waals surface area (Å²) in [6.45, 7) is 1.92. The maximum atomic E-state index is 13.5. The summed E-state index contributed by atoms with van der Waals surface area (Å²) in [6.07, 6.45) is 0. The van der Waals surface area contributed by atoms with Gasteiger partial charge in [-0.15, -0.1) is 0 Å². The Morgan fingerprint density at radius 2 is 1.81 bits per heavy atom. The Bertz CT molecular complexity index is 491. The van der Waals surface area contributed by atoms with Gasteiger partial charge in [-0.25, -0.2) is 4.39 Å². The van der Waals surface area contributed by atoms with Crippen molar-refractivity contribution in [3.05, 3.63) is 58.3 Å². The number of halogens is 2. The second kappa shape index (κ2) is 4.66. The van der Waals surface area contributed by atoms with E-state index in [1.165, 1.54) is 6.07 Å². The smallest absolute Gasteiger partial charge is 0.177 e. The van der Waals surface area contributed by atoms with Crippen LogP contribution in [-0.2, 0) is 0 Å². The van der Waals surface area contributed by atoms with Gasteiger partial charge in [0.2, 0.25) is 0 Å². The molecule has 0 heterocycles. The van der Waals surface area contributed by atoms with Gasteiger partial charge in [-0.2, -0.15) is 0 Å². The van der Waals surface area contributed by atoms with E-state index in [0.29, 0.717) is 10.2 Å². The maximum Gasteiger partial charge on any atom is 0.177 e. The zero-order valence-electron chi connectivity index (χ0n) is 8.71. The molecule has 0 spiro atoms. The molecular weight excluding hydrogens is 271 g/mol. The van der Waals surface area contributed by atoms with E-state index in [-0.39, 0.29) is 11.6 Å². The quantitative estimate of drug-likeness (QED) is 0.776. The van der Waals surface area contributed by atoms with E-state index in [1.807, 2.05) is 31.2 Å². The predicted molar refractivity (Wildman–Crippen MR) is 65.4 cm³/mol. The van der Waals surface area contributed by atoms with Crippen molar-refractivity contribution in [2.75, 3.05) is 0 Å². The molecule has 3 heteroatoms. The lowest BCUT2D eigenvalue weighted by Gasteiger charge is -2.10. The third-order valence-corrected chi connectivity index (χ3v) is 2.85. The van der Waals surface area contributed by atoms with Crippen molar-refractivity contribution in [3.8, 4) is 11.5 Å². The molecule has 0 bridgehead atoms. The van der Waals surface area contributed by atoms with Gasteiger partial charge in [-0.3, -0.25) is 0 Å². The van der Waals surface area contributed by atoms with E-state index in [1.54, 1.807) is 12.1 Å². The summed E-state index contributed by atoms with van der Waals surface area (Å²) < 4.78 is 19.7. The Balaban J connectivity index is 2.38. The molecule has 2 aromatic rings. The molecule has 1 nitrogen and oxygen atoms in total. The standard InChI is InChI=1S/C13H10BrFO/c1-9-5-2-3-8-12(9)16-13-10(14)6-4-7-11(13)15/h2-8H,1H3. The second-order valence-corrected chi connectivity index (χ2v) is 4.27. The number of ether oxygens (including phenoxy) is 1. The van der Waals surface area contributed by atoms with Gasteiger partial charge in [0.25, 0.3) is 0 Å². The zero-order chi connectivity index (χ0) is 11.5. The van der Waals surface area contributed by atoms with E-state index in [4.69, 9.17) is 4.74 Å². The number of benzene rings is 2. The molecule has 0 N–H and O–H groups in total. The third kappa shape index (κ3) is 2.25. The van der Waals surface area contributed by atoms with Crippen molar-refractivity contribution >= 4 is 15.9 Å². The lowest BCUT2D eigenvalue weighted by molar-refractivity contribution is 0.436. The highest BCUT2D eigenvalue weighted by atomic mass is 79.9. The van der Waals surface area contributed by atoms with Crippen LogP contribution in [0.3, 0.4) is 0 Å². The SMILES string of the molecule is Cc1ccccc1Oc1c(F)cccc1Br. The third-order valence-electron chi connectivity index (χ3n) is 2.22. The van der Waals surface area contributed by atoms with E-state index < -0.39 is 0 Å². The molecule has 0 aliphatic heterocycles. The molecule has 0 fully saturated rings. The van der Waals surface area contributed by atoms with Crippen LogP contribution in [0.2, 0.25) is 0 Å². The van der Waals surface area contributed by atoms with Gasteiger partial charge in [0.05, 0.1) is 4.47 Å². The first-order valence-corrected chi connectivity index (χ1v) is 5.65. The van der Waals surface area contributed by atoms with Crippen LogP contribution < -0.4 is 4.74 Å². The minimum atomic E-state index is -0.377. The van der Waals surface area contributed by atoms with Crippen molar-refractivity contribution in [2.24, 2.45) is 0 Å². The number of hydrogen-bond acceptors (Lipinski definition) is 1. The topological polar surface area (TPSA) is 9.23 Å². The maximum absolute atomic E-state index is 13.5. The molecule has 0 amide bonds. The fraction of sp³-hybridized carbons (Fsp3) is 0.0769. The molecule has 82 valence electrons. The van der Waals surface area contributed by atoms with Crippen LogP contribution in [0.15, 0.2) is 46.9 Å². The van der Waals surface area contributed by atoms with E-state index in [9.17, 15) is 4.39 Å². The summed E-state index contributed by atoms with van der Waals surface area (Å²) in [7, 11) is 0. The number of aryl methyl sites for hydroxylation is 1. The monoisotopic (exact) mass is 280 g/mol. The molecule has 0 aromatic heterocycles. The number of hydrogen-bond donors (Lipinski definition) is 0. The van der Waals surface area contributed by atoms with Crippen molar-refractivity contribution in [1.29, 1.82) is 0 Å². The van der Waals surface area contributed by atoms with Gasteiger partial charge < -0.3 is 4.74 Å². The van der Waals surface area contributed by atoms with Crippen molar-refractivity contribution in [2.45, 2.75) is 6.92 Å². The van der Waals surface area contributed by atoms with Crippen molar-refractivity contribution in [1.82, 2.24) is 0 Å². The van der Waals surface area contributed by atoms with Crippen LogP contribution in [-0.4, -0.2) is 0 Å². The van der Waals surface area contributed by atoms with Gasteiger partial charge in [-0.05, 0) is 46.6 Å². The Morgan fingerprint density at radius 1 is 1.06 bits per heavy atom. The second-order valence-electron chi connectivity index (χ2n) is 3.42. The Labute approximate surface area is 102 Å². The summed E-state index contributed by atoms with van der Waals surface area (Å²) in [5.74, 6) is 0.503. The van der Waals surface area contributed by atoms with Gasteiger partial charge >= 0.3 is 0 Å². The molecule has 0 aliphatic carbocycles. The molecule has 0 radical (unpaired) electrons. The van der Waals surface area contributed by atoms with Crippen LogP contribution in [0.25, 0.3) is 0 Å². The summed E-state index contributed by atoms with van der Waals surface area (Å²) in [5, 5.41) is 0. The summed E-state index contributed by atoms with van der Waals surface area (Å²) in [6, 6.07) is 12.3. The van der Waals surface area contributed by atoms with Crippen LogP contribution in [0, 0.1) is 12.7 Å². The summed E-state index contributed by atoms with van der Waals surface area (Å²) >= 11 is 3.26. The van der Waals surface area contributed by atoms with Gasteiger partial charge in [-0.1, -0.05) is 24.3 Å². The highest BCUT2D eigenvalue weighted by Crippen LogP contribution is 2.33. The minimum Gasteiger partial charge on any atom is -0.453 e. The highest BCUT2D eigenvalue weighted by Gasteiger charge is 2.09. The Hall–Kier alpha value is -1.35. The molecule has 0 saturated carbocycles.